The van der Waals surface area contributed by atoms with Gasteiger partial charge in [0.05, 0.1) is 17.4 Å². The van der Waals surface area contributed by atoms with Crippen LogP contribution >= 0.6 is 11.7 Å². The molecule has 2 aromatic rings. The first kappa shape index (κ1) is 9.72. The molecule has 1 saturated carbocycles. The largest absolute Gasteiger partial charge is 0.324 e. The molecule has 1 N–H and O–H groups in total. The molecule has 0 spiro atoms. The Labute approximate surface area is 97.0 Å². The van der Waals surface area contributed by atoms with Gasteiger partial charge in [0, 0.05) is 5.92 Å². The lowest BCUT2D eigenvalue weighted by Crippen LogP contribution is -2.28. The first-order chi connectivity index (χ1) is 7.84. The molecule has 0 unspecified atom stereocenters. The monoisotopic (exact) mass is 233 g/mol. The van der Waals surface area contributed by atoms with Gasteiger partial charge in [0.2, 0.25) is 5.91 Å². The van der Waals surface area contributed by atoms with E-state index in [2.05, 4.69) is 14.1 Å². The maximum atomic E-state index is 11.8. The topological polar surface area (TPSA) is 54.9 Å². The predicted molar refractivity (Wildman–Crippen MR) is 63.4 cm³/mol. The fourth-order valence-corrected chi connectivity index (χ4v) is 2.36. The summed E-state index contributed by atoms with van der Waals surface area (Å²) in [6.07, 6.45) is 3.19. The summed E-state index contributed by atoms with van der Waals surface area (Å²) in [7, 11) is 0. The molecule has 4 nitrogen and oxygen atoms in total. The highest BCUT2D eigenvalue weighted by atomic mass is 32.1. The zero-order valence-corrected chi connectivity index (χ0v) is 9.46. The third-order valence-electron chi connectivity index (χ3n) is 3.02. The van der Waals surface area contributed by atoms with Crippen LogP contribution in [0.1, 0.15) is 19.3 Å². The second-order valence-corrected chi connectivity index (χ2v) is 4.58. The molecule has 0 atom stereocenters. The van der Waals surface area contributed by atoms with E-state index in [0.29, 0.717) is 0 Å². The highest BCUT2D eigenvalue weighted by Gasteiger charge is 2.25. The van der Waals surface area contributed by atoms with Gasteiger partial charge in [-0.15, -0.1) is 0 Å². The summed E-state index contributed by atoms with van der Waals surface area (Å²) in [5.41, 5.74) is 2.42. The normalized spacial score (nSPS) is 16.0. The highest BCUT2D eigenvalue weighted by Crippen LogP contribution is 2.29. The number of carbonyl (C=O) groups is 1. The fourth-order valence-electron chi connectivity index (χ4n) is 1.81. The molecule has 0 saturated heterocycles. The van der Waals surface area contributed by atoms with Gasteiger partial charge in [-0.25, -0.2) is 0 Å². The molecular formula is C11H11N3OS. The Kier molecular flexibility index (Phi) is 2.32. The number of carbonyl (C=O) groups excluding carboxylic acids is 1. The molecule has 0 bridgehead atoms. The smallest absolute Gasteiger partial charge is 0.227 e. The van der Waals surface area contributed by atoms with Gasteiger partial charge in [0.1, 0.15) is 11.0 Å². The number of benzene rings is 1. The average Bonchev–Trinajstić information content (AvgIpc) is 2.63. The summed E-state index contributed by atoms with van der Waals surface area (Å²) in [4.78, 5) is 11.8. The Morgan fingerprint density at radius 2 is 2.25 bits per heavy atom. The van der Waals surface area contributed by atoms with E-state index in [9.17, 15) is 4.79 Å². The summed E-state index contributed by atoms with van der Waals surface area (Å²) in [6.45, 7) is 0. The number of aromatic nitrogens is 2. The van der Waals surface area contributed by atoms with Gasteiger partial charge in [0.25, 0.3) is 0 Å². The minimum atomic E-state index is 0.117. The first-order valence-corrected chi connectivity index (χ1v) is 6.10. The van der Waals surface area contributed by atoms with Gasteiger partial charge >= 0.3 is 0 Å². The molecule has 1 fully saturated rings. The van der Waals surface area contributed by atoms with Crippen LogP contribution in [0.4, 0.5) is 5.69 Å². The van der Waals surface area contributed by atoms with Crippen molar-refractivity contribution >= 4 is 34.4 Å². The first-order valence-electron chi connectivity index (χ1n) is 5.37. The lowest BCUT2D eigenvalue weighted by Gasteiger charge is -2.23. The Morgan fingerprint density at radius 1 is 1.38 bits per heavy atom. The van der Waals surface area contributed by atoms with Crippen LogP contribution in [0.5, 0.6) is 0 Å². The van der Waals surface area contributed by atoms with Crippen molar-refractivity contribution in [3.05, 3.63) is 18.2 Å². The van der Waals surface area contributed by atoms with Gasteiger partial charge in [-0.05, 0) is 25.0 Å². The molecule has 1 aromatic heterocycles. The second-order valence-electron chi connectivity index (χ2n) is 4.05. The molecular weight excluding hydrogens is 222 g/mol. The van der Waals surface area contributed by atoms with Crippen LogP contribution in [0, 0.1) is 5.92 Å². The van der Waals surface area contributed by atoms with E-state index in [-0.39, 0.29) is 11.8 Å². The molecule has 1 heterocycles. The van der Waals surface area contributed by atoms with Crippen molar-refractivity contribution in [1.29, 1.82) is 0 Å². The van der Waals surface area contributed by atoms with E-state index in [4.69, 9.17) is 0 Å². The van der Waals surface area contributed by atoms with Crippen LogP contribution in [0.3, 0.4) is 0 Å². The Bertz CT molecular complexity index is 533. The molecule has 1 aliphatic carbocycles. The van der Waals surface area contributed by atoms with Crippen LogP contribution in [-0.4, -0.2) is 14.7 Å². The molecule has 1 amide bonds. The van der Waals surface area contributed by atoms with E-state index in [1.807, 2.05) is 18.2 Å². The van der Waals surface area contributed by atoms with Crippen molar-refractivity contribution in [3.63, 3.8) is 0 Å². The number of fused-ring (bicyclic) bond motifs is 1. The molecule has 0 radical (unpaired) electrons. The molecule has 16 heavy (non-hydrogen) atoms. The fraction of sp³-hybridized carbons (Fsp3) is 0.364. The Balaban J connectivity index is 1.88. The van der Waals surface area contributed by atoms with E-state index >= 15 is 0 Å². The lowest BCUT2D eigenvalue weighted by atomic mass is 9.85. The van der Waals surface area contributed by atoms with Crippen molar-refractivity contribution in [2.24, 2.45) is 5.92 Å². The minimum absolute atomic E-state index is 0.117. The predicted octanol–water partition coefficient (Wildman–Crippen LogP) is 2.43. The van der Waals surface area contributed by atoms with Crippen LogP contribution < -0.4 is 5.32 Å². The molecule has 82 valence electrons. The number of nitrogens with one attached hydrogen (secondary N) is 1. The zero-order valence-electron chi connectivity index (χ0n) is 8.64. The number of hydrogen-bond acceptors (Lipinski definition) is 4. The third kappa shape index (κ3) is 1.57. The van der Waals surface area contributed by atoms with Crippen molar-refractivity contribution in [3.8, 4) is 0 Å². The van der Waals surface area contributed by atoms with Gasteiger partial charge in [-0.3, -0.25) is 4.79 Å². The quantitative estimate of drug-likeness (QED) is 0.866. The molecule has 3 rings (SSSR count). The van der Waals surface area contributed by atoms with Gasteiger partial charge in [-0.2, -0.15) is 8.75 Å². The van der Waals surface area contributed by atoms with Crippen LogP contribution in [0.15, 0.2) is 18.2 Å². The van der Waals surface area contributed by atoms with E-state index in [1.54, 1.807) is 0 Å². The second kappa shape index (κ2) is 3.83. The van der Waals surface area contributed by atoms with Crippen LogP contribution in [0.2, 0.25) is 0 Å². The van der Waals surface area contributed by atoms with E-state index in [1.165, 1.54) is 18.1 Å². The molecule has 0 aliphatic heterocycles. The number of amides is 1. The van der Waals surface area contributed by atoms with Crippen LogP contribution in [-0.2, 0) is 4.79 Å². The molecule has 5 heteroatoms. The SMILES string of the molecule is O=C(Nc1cccc2nsnc12)C1CCC1. The van der Waals surface area contributed by atoms with Gasteiger partial charge in [-0.1, -0.05) is 12.5 Å². The Hall–Kier alpha value is -1.49. The van der Waals surface area contributed by atoms with E-state index in [0.717, 1.165) is 29.6 Å². The van der Waals surface area contributed by atoms with E-state index < -0.39 is 0 Å². The van der Waals surface area contributed by atoms with Crippen molar-refractivity contribution in [1.82, 2.24) is 8.75 Å². The summed E-state index contributed by atoms with van der Waals surface area (Å²) in [5, 5.41) is 2.94. The van der Waals surface area contributed by atoms with Crippen molar-refractivity contribution < 1.29 is 4.79 Å². The maximum absolute atomic E-state index is 11.8. The highest BCUT2D eigenvalue weighted by molar-refractivity contribution is 7.00. The zero-order chi connectivity index (χ0) is 11.0. The standard InChI is InChI=1S/C11H11N3OS/c15-11(7-3-1-4-7)12-8-5-2-6-9-10(8)14-16-13-9/h2,5-7H,1,3-4H2,(H,12,15). The molecule has 1 aliphatic rings. The maximum Gasteiger partial charge on any atom is 0.227 e. The van der Waals surface area contributed by atoms with Gasteiger partial charge in [0.15, 0.2) is 0 Å². The van der Waals surface area contributed by atoms with Crippen molar-refractivity contribution in [2.45, 2.75) is 19.3 Å². The number of hydrogen-bond donors (Lipinski definition) is 1. The lowest BCUT2D eigenvalue weighted by molar-refractivity contribution is -0.122. The number of anilines is 1. The summed E-state index contributed by atoms with van der Waals surface area (Å²) < 4.78 is 8.34. The molecule has 1 aromatic carbocycles. The Morgan fingerprint density at radius 3 is 3.00 bits per heavy atom. The summed E-state index contributed by atoms with van der Waals surface area (Å²) in [5.74, 6) is 0.314. The third-order valence-corrected chi connectivity index (χ3v) is 3.56. The summed E-state index contributed by atoms with van der Waals surface area (Å²) >= 11 is 1.17. The minimum Gasteiger partial charge on any atom is -0.324 e. The van der Waals surface area contributed by atoms with Crippen molar-refractivity contribution in [2.75, 3.05) is 5.32 Å². The summed E-state index contributed by atoms with van der Waals surface area (Å²) in [6, 6.07) is 5.66. The van der Waals surface area contributed by atoms with Gasteiger partial charge < -0.3 is 5.32 Å². The average molecular weight is 233 g/mol. The number of rotatable bonds is 2. The number of nitrogens with zero attached hydrogens (tertiary/aromatic N) is 2. The van der Waals surface area contributed by atoms with Crippen LogP contribution in [0.25, 0.3) is 11.0 Å².